The van der Waals surface area contributed by atoms with Crippen LogP contribution in [0.25, 0.3) is 0 Å². The molecule has 74 valence electrons. The van der Waals surface area contributed by atoms with E-state index < -0.39 is 0 Å². The largest absolute Gasteiger partial charge is 0.353 e. The summed E-state index contributed by atoms with van der Waals surface area (Å²) in [5, 5.41) is 0.920. The molecule has 1 atom stereocenters. The van der Waals surface area contributed by atoms with Crippen LogP contribution < -0.4 is 0 Å². The molecule has 0 rings (SSSR count). The zero-order valence-corrected chi connectivity index (χ0v) is 10.7. The second-order valence-electron chi connectivity index (χ2n) is 2.33. The molecule has 0 aliphatic heterocycles. The van der Waals surface area contributed by atoms with E-state index in [1.54, 1.807) is 0 Å². The van der Waals surface area contributed by atoms with Crippen LogP contribution in [0, 0.1) is 0 Å². The summed E-state index contributed by atoms with van der Waals surface area (Å²) in [6.07, 6.45) is 0.814. The van der Waals surface area contributed by atoms with E-state index in [4.69, 9.17) is 9.47 Å². The van der Waals surface area contributed by atoms with Crippen molar-refractivity contribution in [3.8, 4) is 0 Å². The van der Waals surface area contributed by atoms with Crippen LogP contribution in [-0.2, 0) is 9.47 Å². The fourth-order valence-corrected chi connectivity index (χ4v) is 1.40. The normalized spacial score (nSPS) is 13.8. The molecule has 0 N–H and O–H groups in total. The number of rotatable bonds is 7. The molecule has 0 saturated heterocycles. The van der Waals surface area contributed by atoms with Crippen molar-refractivity contribution in [3.05, 3.63) is 0 Å². The Bertz CT molecular complexity index is 95.1. The molecule has 0 saturated carbocycles. The summed E-state index contributed by atoms with van der Waals surface area (Å²) >= 11 is 6.90. The lowest BCUT2D eigenvalue weighted by Crippen LogP contribution is -2.21. The van der Waals surface area contributed by atoms with Gasteiger partial charge in [0.15, 0.2) is 6.29 Å². The first kappa shape index (κ1) is 12.9. The second-order valence-corrected chi connectivity index (χ2v) is 4.27. The van der Waals surface area contributed by atoms with Crippen molar-refractivity contribution >= 4 is 31.9 Å². The van der Waals surface area contributed by atoms with Gasteiger partial charge in [0.2, 0.25) is 0 Å². The predicted octanol–water partition coefficient (Wildman–Crippen LogP) is 2.93. The standard InChI is InChI=1S/C8H16Br2O2/c1-3-11-8(12-4-2)5-7(10)6-9/h7-8H,3-6H2,1-2H3. The third kappa shape index (κ3) is 6.40. The van der Waals surface area contributed by atoms with Crippen LogP contribution in [0.1, 0.15) is 20.3 Å². The highest BCUT2D eigenvalue weighted by Crippen LogP contribution is 2.14. The maximum absolute atomic E-state index is 5.38. The summed E-state index contributed by atoms with van der Waals surface area (Å²) in [6, 6.07) is 0. The van der Waals surface area contributed by atoms with Crippen molar-refractivity contribution < 1.29 is 9.47 Å². The lowest BCUT2D eigenvalue weighted by Gasteiger charge is -2.18. The summed E-state index contributed by atoms with van der Waals surface area (Å²) < 4.78 is 10.8. The van der Waals surface area contributed by atoms with Crippen molar-refractivity contribution in [3.63, 3.8) is 0 Å². The fraction of sp³-hybridized carbons (Fsp3) is 1.00. The third-order valence-electron chi connectivity index (χ3n) is 1.32. The summed E-state index contributed by atoms with van der Waals surface area (Å²) in [7, 11) is 0. The summed E-state index contributed by atoms with van der Waals surface area (Å²) in [6.45, 7) is 5.35. The van der Waals surface area contributed by atoms with Crippen LogP contribution in [0.4, 0.5) is 0 Å². The van der Waals surface area contributed by atoms with Gasteiger partial charge >= 0.3 is 0 Å². The van der Waals surface area contributed by atoms with E-state index >= 15 is 0 Å². The van der Waals surface area contributed by atoms with Gasteiger partial charge in [0, 0.05) is 29.8 Å². The van der Waals surface area contributed by atoms with Gasteiger partial charge in [0.05, 0.1) is 0 Å². The molecule has 0 amide bonds. The molecule has 2 nitrogen and oxygen atoms in total. The molecular formula is C8H16Br2O2. The maximum atomic E-state index is 5.38. The number of alkyl halides is 2. The molecule has 1 unspecified atom stereocenters. The lowest BCUT2D eigenvalue weighted by atomic mass is 10.3. The maximum Gasteiger partial charge on any atom is 0.158 e. The molecule has 0 fully saturated rings. The molecule has 0 radical (unpaired) electrons. The zero-order chi connectivity index (χ0) is 9.40. The van der Waals surface area contributed by atoms with Crippen LogP contribution in [0.3, 0.4) is 0 Å². The monoisotopic (exact) mass is 302 g/mol. The van der Waals surface area contributed by atoms with Gasteiger partial charge < -0.3 is 9.47 Å². The van der Waals surface area contributed by atoms with Gasteiger partial charge in [-0.25, -0.2) is 0 Å². The Balaban J connectivity index is 3.61. The van der Waals surface area contributed by atoms with Crippen molar-refractivity contribution in [1.29, 1.82) is 0 Å². The van der Waals surface area contributed by atoms with Crippen molar-refractivity contribution in [2.24, 2.45) is 0 Å². The minimum Gasteiger partial charge on any atom is -0.353 e. The van der Waals surface area contributed by atoms with Crippen LogP contribution in [0.15, 0.2) is 0 Å². The second kappa shape index (κ2) is 8.48. The fourth-order valence-electron chi connectivity index (χ4n) is 0.828. The van der Waals surface area contributed by atoms with Crippen LogP contribution in [0.5, 0.6) is 0 Å². The molecule has 0 heterocycles. The Morgan fingerprint density at radius 1 is 1.17 bits per heavy atom. The van der Waals surface area contributed by atoms with Gasteiger partial charge in [-0.1, -0.05) is 31.9 Å². The number of halogens is 2. The molecule has 0 spiro atoms. The van der Waals surface area contributed by atoms with Crippen LogP contribution in [0.2, 0.25) is 0 Å². The first-order chi connectivity index (χ1) is 5.74. The van der Waals surface area contributed by atoms with Crippen LogP contribution in [-0.4, -0.2) is 29.7 Å². The van der Waals surface area contributed by atoms with Gasteiger partial charge in [-0.05, 0) is 13.8 Å². The minimum atomic E-state index is -0.0677. The van der Waals surface area contributed by atoms with E-state index in [2.05, 4.69) is 31.9 Å². The highest BCUT2D eigenvalue weighted by Gasteiger charge is 2.12. The molecule has 12 heavy (non-hydrogen) atoms. The Labute approximate surface area is 91.3 Å². The number of hydrogen-bond acceptors (Lipinski definition) is 2. The summed E-state index contributed by atoms with van der Waals surface area (Å²) in [5.41, 5.74) is 0. The first-order valence-electron chi connectivity index (χ1n) is 4.17. The number of hydrogen-bond donors (Lipinski definition) is 0. The topological polar surface area (TPSA) is 18.5 Å². The molecule has 0 bridgehead atoms. The highest BCUT2D eigenvalue weighted by molar-refractivity contribution is 9.12. The summed E-state index contributed by atoms with van der Waals surface area (Å²) in [5.74, 6) is 0. The molecule has 0 aromatic heterocycles. The first-order valence-corrected chi connectivity index (χ1v) is 6.21. The Kier molecular flexibility index (Phi) is 9.10. The molecular weight excluding hydrogens is 288 g/mol. The molecule has 4 heteroatoms. The average molecular weight is 304 g/mol. The predicted molar refractivity (Wildman–Crippen MR) is 58.2 cm³/mol. The average Bonchev–Trinajstić information content (AvgIpc) is 2.05. The van der Waals surface area contributed by atoms with E-state index in [9.17, 15) is 0 Å². The van der Waals surface area contributed by atoms with E-state index in [1.807, 2.05) is 13.8 Å². The number of ether oxygens (including phenoxy) is 2. The molecule has 0 aromatic rings. The van der Waals surface area contributed by atoms with E-state index in [1.165, 1.54) is 0 Å². The smallest absolute Gasteiger partial charge is 0.158 e. The molecule has 0 aromatic carbocycles. The van der Waals surface area contributed by atoms with Gasteiger partial charge in [-0.3, -0.25) is 0 Å². The van der Waals surface area contributed by atoms with Gasteiger partial charge in [-0.15, -0.1) is 0 Å². The molecule has 0 aliphatic rings. The Hall–Kier alpha value is 0.880. The van der Waals surface area contributed by atoms with E-state index in [0.29, 0.717) is 18.0 Å². The lowest BCUT2D eigenvalue weighted by molar-refractivity contribution is -0.138. The van der Waals surface area contributed by atoms with Gasteiger partial charge in [-0.2, -0.15) is 0 Å². The molecule has 0 aliphatic carbocycles. The Morgan fingerprint density at radius 2 is 1.67 bits per heavy atom. The quantitative estimate of drug-likeness (QED) is 0.532. The van der Waals surface area contributed by atoms with Crippen molar-refractivity contribution in [1.82, 2.24) is 0 Å². The van der Waals surface area contributed by atoms with Gasteiger partial charge in [0.1, 0.15) is 0 Å². The SMILES string of the molecule is CCOC(CC(Br)CBr)OCC. The van der Waals surface area contributed by atoms with Gasteiger partial charge in [0.25, 0.3) is 0 Å². The third-order valence-corrected chi connectivity index (χ3v) is 3.67. The van der Waals surface area contributed by atoms with Crippen molar-refractivity contribution in [2.75, 3.05) is 18.5 Å². The van der Waals surface area contributed by atoms with Crippen LogP contribution >= 0.6 is 31.9 Å². The minimum absolute atomic E-state index is 0.0677. The highest BCUT2D eigenvalue weighted by atomic mass is 79.9. The Morgan fingerprint density at radius 3 is 2.00 bits per heavy atom. The van der Waals surface area contributed by atoms with Crippen molar-refractivity contribution in [2.45, 2.75) is 31.4 Å². The summed E-state index contributed by atoms with van der Waals surface area (Å²) in [4.78, 5) is 0.417. The van der Waals surface area contributed by atoms with E-state index in [-0.39, 0.29) is 6.29 Å². The van der Waals surface area contributed by atoms with E-state index in [0.717, 1.165) is 11.8 Å². The zero-order valence-electron chi connectivity index (χ0n) is 7.56.